The smallest absolute Gasteiger partial charge is 0.255 e. The summed E-state index contributed by atoms with van der Waals surface area (Å²) in [6, 6.07) is 13.9. The number of nitrogens with zero attached hydrogens (tertiary/aromatic N) is 1. The Morgan fingerprint density at radius 1 is 1.04 bits per heavy atom. The normalized spacial score (nSPS) is 10.5. The van der Waals surface area contributed by atoms with E-state index in [9.17, 15) is 4.79 Å². The van der Waals surface area contributed by atoms with E-state index in [0.29, 0.717) is 11.1 Å². The fourth-order valence-electron chi connectivity index (χ4n) is 2.84. The predicted molar refractivity (Wildman–Crippen MR) is 105 cm³/mol. The van der Waals surface area contributed by atoms with E-state index < -0.39 is 0 Å². The van der Waals surface area contributed by atoms with Crippen LogP contribution in [0.4, 0.5) is 0 Å². The van der Waals surface area contributed by atoms with Crippen LogP contribution in [0.3, 0.4) is 0 Å². The summed E-state index contributed by atoms with van der Waals surface area (Å²) in [5.74, 6) is 0.709. The maximum Gasteiger partial charge on any atom is 0.255 e. The van der Waals surface area contributed by atoms with Crippen molar-refractivity contribution < 1.29 is 4.74 Å². The van der Waals surface area contributed by atoms with Gasteiger partial charge in [0.05, 0.1) is 12.5 Å². The number of aromatic nitrogens is 1. The lowest BCUT2D eigenvalue weighted by molar-refractivity contribution is 0.402. The summed E-state index contributed by atoms with van der Waals surface area (Å²) in [5.41, 5.74) is 3.16. The minimum Gasteiger partial charge on any atom is -0.496 e. The molecule has 3 aromatic rings. The van der Waals surface area contributed by atoms with Gasteiger partial charge in [-0.15, -0.1) is 0 Å². The minimum absolute atomic E-state index is 0.105. The molecule has 0 unspecified atom stereocenters. The molecule has 0 saturated carbocycles. The molecule has 0 aliphatic rings. The van der Waals surface area contributed by atoms with Gasteiger partial charge in [-0.1, -0.05) is 44.2 Å². The monoisotopic (exact) mass is 338 g/mol. The summed E-state index contributed by atoms with van der Waals surface area (Å²) in [7, 11) is 5.72. The van der Waals surface area contributed by atoms with Crippen molar-refractivity contribution in [3.63, 3.8) is 0 Å². The molecule has 0 saturated heterocycles. The van der Waals surface area contributed by atoms with Gasteiger partial charge in [-0.05, 0) is 37.4 Å². The Bertz CT molecular complexity index is 881. The molecule has 4 heteroatoms. The molecule has 0 fully saturated rings. The second-order valence-corrected chi connectivity index (χ2v) is 5.85. The molecule has 132 valence electrons. The van der Waals surface area contributed by atoms with Gasteiger partial charge in [0.1, 0.15) is 5.75 Å². The van der Waals surface area contributed by atoms with Gasteiger partial charge in [-0.25, -0.2) is 0 Å². The number of rotatable bonds is 4. The van der Waals surface area contributed by atoms with E-state index in [4.69, 9.17) is 4.74 Å². The van der Waals surface area contributed by atoms with Gasteiger partial charge in [-0.3, -0.25) is 4.79 Å². The Morgan fingerprint density at radius 3 is 2.32 bits per heavy atom. The van der Waals surface area contributed by atoms with Gasteiger partial charge in [-0.2, -0.15) is 0 Å². The molecule has 1 heterocycles. The highest BCUT2D eigenvalue weighted by atomic mass is 16.5. The molecule has 25 heavy (non-hydrogen) atoms. The molecule has 0 bridgehead atoms. The van der Waals surface area contributed by atoms with E-state index in [2.05, 4.69) is 34.1 Å². The molecular formula is C21H26N2O2. The van der Waals surface area contributed by atoms with Crippen molar-refractivity contribution in [2.24, 2.45) is 0 Å². The van der Waals surface area contributed by atoms with Gasteiger partial charge in [0.25, 0.3) is 5.56 Å². The van der Waals surface area contributed by atoms with E-state index in [1.807, 2.05) is 46.1 Å². The van der Waals surface area contributed by atoms with E-state index in [1.54, 1.807) is 13.3 Å². The van der Waals surface area contributed by atoms with Crippen LogP contribution in [0.5, 0.6) is 5.75 Å². The van der Waals surface area contributed by atoms with E-state index >= 15 is 0 Å². The summed E-state index contributed by atoms with van der Waals surface area (Å²) in [6.07, 6.45) is 1.76. The fourth-order valence-corrected chi connectivity index (χ4v) is 2.84. The Labute approximate surface area is 149 Å². The molecule has 4 nitrogen and oxygen atoms in total. The number of hydrogen-bond acceptors (Lipinski definition) is 3. The van der Waals surface area contributed by atoms with Gasteiger partial charge in [0, 0.05) is 23.7 Å². The fraction of sp³-hybridized carbons (Fsp3) is 0.286. The van der Waals surface area contributed by atoms with Crippen LogP contribution in [0.25, 0.3) is 21.9 Å². The zero-order valence-corrected chi connectivity index (χ0v) is 15.6. The Balaban J connectivity index is 0.00000109. The summed E-state index contributed by atoms with van der Waals surface area (Å²) in [6.45, 7) is 4.90. The molecule has 0 spiro atoms. The van der Waals surface area contributed by atoms with Gasteiger partial charge in [0.15, 0.2) is 0 Å². The van der Waals surface area contributed by atoms with Crippen LogP contribution in [0.2, 0.25) is 0 Å². The first-order valence-electron chi connectivity index (χ1n) is 8.52. The third-order valence-electron chi connectivity index (χ3n) is 3.87. The third kappa shape index (κ3) is 4.09. The molecule has 0 atom stereocenters. The van der Waals surface area contributed by atoms with Crippen LogP contribution >= 0.6 is 0 Å². The molecule has 1 N–H and O–H groups in total. The molecule has 0 radical (unpaired) electrons. The molecule has 0 amide bonds. The lowest BCUT2D eigenvalue weighted by atomic mass is 9.99. The van der Waals surface area contributed by atoms with Crippen LogP contribution in [0.1, 0.15) is 19.4 Å². The number of ether oxygens (including phenoxy) is 1. The second kappa shape index (κ2) is 8.49. The van der Waals surface area contributed by atoms with Crippen molar-refractivity contribution in [1.82, 2.24) is 9.88 Å². The third-order valence-corrected chi connectivity index (χ3v) is 3.87. The number of benzene rings is 2. The number of H-pyrrole nitrogens is 1. The minimum atomic E-state index is -0.105. The topological polar surface area (TPSA) is 45.3 Å². The van der Waals surface area contributed by atoms with Gasteiger partial charge < -0.3 is 14.6 Å². The molecule has 0 aliphatic heterocycles. The van der Waals surface area contributed by atoms with Crippen LogP contribution in [-0.4, -0.2) is 31.1 Å². The number of methoxy groups -OCH3 is 1. The first-order valence-corrected chi connectivity index (χ1v) is 8.52. The summed E-state index contributed by atoms with van der Waals surface area (Å²) < 4.78 is 5.46. The van der Waals surface area contributed by atoms with E-state index in [-0.39, 0.29) is 5.56 Å². The van der Waals surface area contributed by atoms with E-state index in [0.717, 1.165) is 23.1 Å². The highest BCUT2D eigenvalue weighted by molar-refractivity contribution is 6.00. The molecule has 0 aliphatic carbocycles. The summed E-state index contributed by atoms with van der Waals surface area (Å²) in [5, 5.41) is 1.48. The highest BCUT2D eigenvalue weighted by Crippen LogP contribution is 2.33. The maximum atomic E-state index is 12.1. The number of hydrogen-bond donors (Lipinski definition) is 1. The van der Waals surface area contributed by atoms with Gasteiger partial charge in [0.2, 0.25) is 0 Å². The molecule has 3 rings (SSSR count). The van der Waals surface area contributed by atoms with Crippen molar-refractivity contribution in [3.05, 3.63) is 64.6 Å². The largest absolute Gasteiger partial charge is 0.496 e. The van der Waals surface area contributed by atoms with Crippen molar-refractivity contribution >= 4 is 10.8 Å². The Kier molecular flexibility index (Phi) is 6.37. The first kappa shape index (κ1) is 18.7. The SMILES string of the molecule is CC.COc1cccc2c(=O)[nH]cc(-c3ccc(CN(C)C)cc3)c12. The first-order chi connectivity index (χ1) is 12.1. The summed E-state index contributed by atoms with van der Waals surface area (Å²) >= 11 is 0. The number of pyridine rings is 1. The van der Waals surface area contributed by atoms with Crippen LogP contribution < -0.4 is 10.3 Å². The van der Waals surface area contributed by atoms with Crippen molar-refractivity contribution in [1.29, 1.82) is 0 Å². The van der Waals surface area contributed by atoms with E-state index in [1.165, 1.54) is 5.56 Å². The number of aromatic amines is 1. The van der Waals surface area contributed by atoms with Gasteiger partial charge >= 0.3 is 0 Å². The average Bonchev–Trinajstić information content (AvgIpc) is 2.64. The Morgan fingerprint density at radius 2 is 1.72 bits per heavy atom. The maximum absolute atomic E-state index is 12.1. The molecule has 1 aromatic heterocycles. The lowest BCUT2D eigenvalue weighted by Gasteiger charge is -2.12. The Hall–Kier alpha value is -2.59. The molecule has 2 aromatic carbocycles. The standard InChI is InChI=1S/C19H20N2O2.C2H6/c1-21(2)12-13-7-9-14(10-8-13)16-11-20-19(22)15-5-4-6-17(23-3)18(15)16;1-2/h4-11H,12H2,1-3H3,(H,20,22);1-2H3. The van der Waals surface area contributed by atoms with Crippen molar-refractivity contribution in [3.8, 4) is 16.9 Å². The number of fused-ring (bicyclic) bond motifs is 1. The van der Waals surface area contributed by atoms with Crippen molar-refractivity contribution in [2.45, 2.75) is 20.4 Å². The average molecular weight is 338 g/mol. The van der Waals surface area contributed by atoms with Crippen LogP contribution in [-0.2, 0) is 6.54 Å². The van der Waals surface area contributed by atoms with Crippen molar-refractivity contribution in [2.75, 3.05) is 21.2 Å². The summed E-state index contributed by atoms with van der Waals surface area (Å²) in [4.78, 5) is 17.0. The van der Waals surface area contributed by atoms with Crippen LogP contribution in [0.15, 0.2) is 53.5 Å². The second-order valence-electron chi connectivity index (χ2n) is 5.85. The predicted octanol–water partition coefficient (Wildman–Crippen LogP) is 4.29. The lowest BCUT2D eigenvalue weighted by Crippen LogP contribution is -2.10. The quantitative estimate of drug-likeness (QED) is 0.772. The zero-order valence-electron chi connectivity index (χ0n) is 15.6. The number of nitrogens with one attached hydrogen (secondary N) is 1. The zero-order chi connectivity index (χ0) is 18.4. The molecular weight excluding hydrogens is 312 g/mol. The highest BCUT2D eigenvalue weighted by Gasteiger charge is 2.11. The van der Waals surface area contributed by atoms with Crippen LogP contribution in [0, 0.1) is 0 Å².